The van der Waals surface area contributed by atoms with Gasteiger partial charge in [0.15, 0.2) is 5.58 Å². The minimum Gasteiger partial charge on any atom is -0.438 e. The number of aromatic nitrogens is 1. The first-order valence-electron chi connectivity index (χ1n) is 3.88. The summed E-state index contributed by atoms with van der Waals surface area (Å²) in [5.74, 6) is 0.784. The number of hydrogen-bond donors (Lipinski definition) is 1. The van der Waals surface area contributed by atoms with Crippen LogP contribution in [0.2, 0.25) is 0 Å². The molecular formula is C9H8ClNO2. The summed E-state index contributed by atoms with van der Waals surface area (Å²) in [6.45, 7) is -0.176. The summed E-state index contributed by atoms with van der Waals surface area (Å²) in [6.07, 6.45) is 0. The van der Waals surface area contributed by atoms with Gasteiger partial charge < -0.3 is 9.52 Å². The number of aliphatic hydroxyl groups is 1. The van der Waals surface area contributed by atoms with Gasteiger partial charge in [0.2, 0.25) is 5.89 Å². The van der Waals surface area contributed by atoms with Crippen molar-refractivity contribution in [2.24, 2.45) is 0 Å². The Kier molecular flexibility index (Phi) is 2.20. The lowest BCUT2D eigenvalue weighted by Gasteiger charge is -1.91. The molecule has 1 N–H and O–H groups in total. The SMILES string of the molecule is OCc1nc2ccc(CCl)cc2o1. The molecule has 2 rings (SSSR count). The van der Waals surface area contributed by atoms with E-state index in [0.29, 0.717) is 17.4 Å². The fourth-order valence-electron chi connectivity index (χ4n) is 1.17. The molecule has 0 radical (unpaired) electrons. The second kappa shape index (κ2) is 3.36. The molecule has 13 heavy (non-hydrogen) atoms. The van der Waals surface area contributed by atoms with Crippen LogP contribution in [0.15, 0.2) is 22.6 Å². The monoisotopic (exact) mass is 197 g/mol. The van der Waals surface area contributed by atoms with E-state index in [-0.39, 0.29) is 6.61 Å². The molecule has 0 saturated carbocycles. The average molecular weight is 198 g/mol. The Balaban J connectivity index is 2.57. The van der Waals surface area contributed by atoms with Crippen LogP contribution in [0.3, 0.4) is 0 Å². The highest BCUT2D eigenvalue weighted by atomic mass is 35.5. The first kappa shape index (κ1) is 8.53. The fraction of sp³-hybridized carbons (Fsp3) is 0.222. The third kappa shape index (κ3) is 1.53. The van der Waals surface area contributed by atoms with Gasteiger partial charge in [-0.05, 0) is 17.7 Å². The molecule has 0 aliphatic carbocycles. The van der Waals surface area contributed by atoms with Crippen molar-refractivity contribution in [3.05, 3.63) is 29.7 Å². The summed E-state index contributed by atoms with van der Waals surface area (Å²) in [5.41, 5.74) is 2.40. The number of aliphatic hydroxyl groups excluding tert-OH is 1. The van der Waals surface area contributed by atoms with Crippen molar-refractivity contribution in [3.8, 4) is 0 Å². The number of halogens is 1. The molecule has 1 aromatic carbocycles. The van der Waals surface area contributed by atoms with E-state index in [1.165, 1.54) is 0 Å². The maximum atomic E-state index is 8.78. The molecule has 4 heteroatoms. The molecule has 0 fully saturated rings. The number of benzene rings is 1. The Morgan fingerprint density at radius 1 is 1.46 bits per heavy atom. The lowest BCUT2D eigenvalue weighted by Crippen LogP contribution is -1.79. The van der Waals surface area contributed by atoms with Crippen LogP contribution in [-0.2, 0) is 12.5 Å². The van der Waals surface area contributed by atoms with Crippen LogP contribution in [0.1, 0.15) is 11.5 Å². The highest BCUT2D eigenvalue weighted by Gasteiger charge is 2.04. The molecular weight excluding hydrogens is 190 g/mol. The Morgan fingerprint density at radius 3 is 3.00 bits per heavy atom. The highest BCUT2D eigenvalue weighted by Crippen LogP contribution is 2.18. The van der Waals surface area contributed by atoms with Crippen LogP contribution in [0, 0.1) is 0 Å². The maximum Gasteiger partial charge on any atom is 0.221 e. The van der Waals surface area contributed by atoms with Crippen molar-refractivity contribution in [3.63, 3.8) is 0 Å². The summed E-state index contributed by atoms with van der Waals surface area (Å²) in [7, 11) is 0. The Labute approximate surface area is 80.0 Å². The first-order chi connectivity index (χ1) is 6.33. The van der Waals surface area contributed by atoms with Crippen molar-refractivity contribution < 1.29 is 9.52 Å². The summed E-state index contributed by atoms with van der Waals surface area (Å²) < 4.78 is 5.24. The maximum absolute atomic E-state index is 8.78. The van der Waals surface area contributed by atoms with E-state index in [2.05, 4.69) is 4.98 Å². The second-order valence-electron chi connectivity index (χ2n) is 2.70. The van der Waals surface area contributed by atoms with E-state index in [9.17, 15) is 0 Å². The summed E-state index contributed by atoms with van der Waals surface area (Å²) >= 11 is 5.66. The van der Waals surface area contributed by atoms with Crippen molar-refractivity contribution in [2.45, 2.75) is 12.5 Å². The second-order valence-corrected chi connectivity index (χ2v) is 2.97. The van der Waals surface area contributed by atoms with E-state index in [1.54, 1.807) is 0 Å². The van der Waals surface area contributed by atoms with E-state index in [4.69, 9.17) is 21.1 Å². The predicted molar refractivity (Wildman–Crippen MR) is 49.5 cm³/mol. The molecule has 3 nitrogen and oxygen atoms in total. The predicted octanol–water partition coefficient (Wildman–Crippen LogP) is 2.06. The van der Waals surface area contributed by atoms with Gasteiger partial charge in [-0.3, -0.25) is 0 Å². The molecule has 0 aliphatic heterocycles. The molecule has 0 aliphatic rings. The Bertz CT molecular complexity index is 422. The molecule has 0 spiro atoms. The lowest BCUT2D eigenvalue weighted by atomic mass is 10.2. The van der Waals surface area contributed by atoms with Gasteiger partial charge in [-0.25, -0.2) is 4.98 Å². The molecule has 2 aromatic rings. The van der Waals surface area contributed by atoms with Gasteiger partial charge in [0.25, 0.3) is 0 Å². The summed E-state index contributed by atoms with van der Waals surface area (Å²) in [5, 5.41) is 8.78. The largest absolute Gasteiger partial charge is 0.438 e. The topological polar surface area (TPSA) is 46.3 Å². The standard InChI is InChI=1S/C9H8ClNO2/c10-4-6-1-2-7-8(3-6)13-9(5-12)11-7/h1-3,12H,4-5H2. The first-order valence-corrected chi connectivity index (χ1v) is 4.42. The number of alkyl halides is 1. The molecule has 1 aromatic heterocycles. The van der Waals surface area contributed by atoms with Gasteiger partial charge >= 0.3 is 0 Å². The van der Waals surface area contributed by atoms with Gasteiger partial charge in [-0.1, -0.05) is 6.07 Å². The van der Waals surface area contributed by atoms with Crippen molar-refractivity contribution >= 4 is 22.7 Å². The van der Waals surface area contributed by atoms with Gasteiger partial charge in [-0.2, -0.15) is 0 Å². The number of hydrogen-bond acceptors (Lipinski definition) is 3. The molecule has 0 bridgehead atoms. The minimum atomic E-state index is -0.176. The molecule has 0 amide bonds. The van der Waals surface area contributed by atoms with Crippen LogP contribution >= 0.6 is 11.6 Å². The van der Waals surface area contributed by atoms with Crippen LogP contribution in [-0.4, -0.2) is 10.1 Å². The number of oxazole rings is 1. The van der Waals surface area contributed by atoms with Crippen LogP contribution in [0.25, 0.3) is 11.1 Å². The zero-order chi connectivity index (χ0) is 9.26. The summed E-state index contributed by atoms with van der Waals surface area (Å²) in [4.78, 5) is 4.05. The zero-order valence-electron chi connectivity index (χ0n) is 6.83. The van der Waals surface area contributed by atoms with Gasteiger partial charge in [0.1, 0.15) is 12.1 Å². The Hall–Kier alpha value is -1.06. The number of rotatable bonds is 2. The normalized spacial score (nSPS) is 10.9. The van der Waals surface area contributed by atoms with Crippen LogP contribution < -0.4 is 0 Å². The van der Waals surface area contributed by atoms with Crippen molar-refractivity contribution in [1.29, 1.82) is 0 Å². The van der Waals surface area contributed by atoms with E-state index in [0.717, 1.165) is 11.1 Å². The summed E-state index contributed by atoms with van der Waals surface area (Å²) in [6, 6.07) is 5.54. The molecule has 0 unspecified atom stereocenters. The average Bonchev–Trinajstić information content (AvgIpc) is 2.58. The smallest absolute Gasteiger partial charge is 0.221 e. The molecule has 0 atom stereocenters. The molecule has 68 valence electrons. The van der Waals surface area contributed by atoms with Crippen LogP contribution in [0.4, 0.5) is 0 Å². The van der Waals surface area contributed by atoms with E-state index in [1.807, 2.05) is 18.2 Å². The fourth-order valence-corrected chi connectivity index (χ4v) is 1.33. The third-order valence-electron chi connectivity index (χ3n) is 1.79. The van der Waals surface area contributed by atoms with Crippen molar-refractivity contribution in [1.82, 2.24) is 4.98 Å². The Morgan fingerprint density at radius 2 is 2.31 bits per heavy atom. The zero-order valence-corrected chi connectivity index (χ0v) is 7.58. The van der Waals surface area contributed by atoms with Crippen LogP contribution in [0.5, 0.6) is 0 Å². The quantitative estimate of drug-likeness (QED) is 0.750. The number of fused-ring (bicyclic) bond motifs is 1. The lowest BCUT2D eigenvalue weighted by molar-refractivity contribution is 0.244. The highest BCUT2D eigenvalue weighted by molar-refractivity contribution is 6.17. The van der Waals surface area contributed by atoms with Gasteiger partial charge in [-0.15, -0.1) is 11.6 Å². The van der Waals surface area contributed by atoms with Gasteiger partial charge in [0, 0.05) is 5.88 Å². The molecule has 1 heterocycles. The van der Waals surface area contributed by atoms with Crippen molar-refractivity contribution in [2.75, 3.05) is 0 Å². The number of nitrogens with zero attached hydrogens (tertiary/aromatic N) is 1. The third-order valence-corrected chi connectivity index (χ3v) is 2.10. The van der Waals surface area contributed by atoms with E-state index < -0.39 is 0 Å². The minimum absolute atomic E-state index is 0.176. The van der Waals surface area contributed by atoms with Gasteiger partial charge in [0.05, 0.1) is 0 Å². The molecule has 0 saturated heterocycles. The van der Waals surface area contributed by atoms with E-state index >= 15 is 0 Å².